The number of carbonyl (C=O) groups is 1. The zero-order valence-corrected chi connectivity index (χ0v) is 17.1. The van der Waals surface area contributed by atoms with Gasteiger partial charge in [-0.25, -0.2) is 4.98 Å². The fraction of sp³-hybridized carbons (Fsp3) is 0.130. The van der Waals surface area contributed by atoms with Crippen LogP contribution in [0.4, 0.5) is 5.69 Å². The van der Waals surface area contributed by atoms with Crippen LogP contribution < -0.4 is 10.5 Å². The van der Waals surface area contributed by atoms with Crippen LogP contribution >= 0.6 is 11.6 Å². The monoisotopic (exact) mass is 418 g/mol. The Morgan fingerprint density at radius 3 is 2.50 bits per heavy atom. The number of aryl methyl sites for hydroxylation is 1. The van der Waals surface area contributed by atoms with Gasteiger partial charge in [-0.05, 0) is 55.5 Å². The average molecular weight is 419 g/mol. The number of rotatable bonds is 5. The number of amides is 1. The van der Waals surface area contributed by atoms with Gasteiger partial charge >= 0.3 is 0 Å². The molecule has 0 bridgehead atoms. The van der Waals surface area contributed by atoms with Crippen LogP contribution in [0.3, 0.4) is 0 Å². The number of para-hydroxylation sites is 1. The van der Waals surface area contributed by atoms with Gasteiger partial charge in [0.1, 0.15) is 12.4 Å². The van der Waals surface area contributed by atoms with Crippen molar-refractivity contribution in [2.24, 2.45) is 0 Å². The van der Waals surface area contributed by atoms with Gasteiger partial charge in [0.2, 0.25) is 5.91 Å². The van der Waals surface area contributed by atoms with E-state index in [4.69, 9.17) is 11.6 Å². The molecule has 30 heavy (non-hydrogen) atoms. The van der Waals surface area contributed by atoms with Gasteiger partial charge in [-0.2, -0.15) is 0 Å². The smallest absolute Gasteiger partial charge is 0.261 e. The summed E-state index contributed by atoms with van der Waals surface area (Å²) in [5.74, 6) is 0.242. The lowest BCUT2D eigenvalue weighted by Crippen LogP contribution is -2.37. The minimum atomic E-state index is -0.245. The highest BCUT2D eigenvalue weighted by atomic mass is 35.5. The van der Waals surface area contributed by atoms with E-state index in [1.165, 1.54) is 4.57 Å². The normalized spacial score (nSPS) is 10.9. The molecule has 2 aromatic carbocycles. The molecule has 0 saturated heterocycles. The number of pyridine rings is 1. The maximum absolute atomic E-state index is 13.3. The number of hydrogen-bond acceptors (Lipinski definition) is 4. The van der Waals surface area contributed by atoms with Crippen molar-refractivity contribution >= 4 is 34.1 Å². The molecule has 2 aromatic heterocycles. The van der Waals surface area contributed by atoms with E-state index < -0.39 is 0 Å². The first-order valence-electron chi connectivity index (χ1n) is 9.45. The summed E-state index contributed by atoms with van der Waals surface area (Å²) in [5, 5.41) is 1.06. The third-order valence-corrected chi connectivity index (χ3v) is 5.08. The van der Waals surface area contributed by atoms with Crippen LogP contribution in [0.1, 0.15) is 11.5 Å². The molecule has 7 heteroatoms. The van der Waals surface area contributed by atoms with E-state index in [-0.39, 0.29) is 24.6 Å². The van der Waals surface area contributed by atoms with Crippen LogP contribution in [0.25, 0.3) is 10.9 Å². The summed E-state index contributed by atoms with van der Waals surface area (Å²) < 4.78 is 1.41. The standard InChI is InChI=1S/C23H19ClN4O2/c1-16-26-21-8-3-2-7-20(21)23(30)27(16)15-22(29)28(14-18-6-4-5-13-25-18)19-11-9-17(24)10-12-19/h2-13H,14-15H2,1H3. The Balaban J connectivity index is 1.71. The van der Waals surface area contributed by atoms with E-state index in [1.807, 2.05) is 24.3 Å². The summed E-state index contributed by atoms with van der Waals surface area (Å²) in [6.45, 7) is 1.88. The summed E-state index contributed by atoms with van der Waals surface area (Å²) in [6.07, 6.45) is 1.68. The molecule has 1 amide bonds. The molecule has 0 aliphatic carbocycles. The maximum atomic E-state index is 13.3. The first-order valence-corrected chi connectivity index (χ1v) is 9.83. The summed E-state index contributed by atoms with van der Waals surface area (Å²) in [7, 11) is 0. The second kappa shape index (κ2) is 8.47. The third-order valence-electron chi connectivity index (χ3n) is 4.83. The zero-order chi connectivity index (χ0) is 21.1. The maximum Gasteiger partial charge on any atom is 0.261 e. The van der Waals surface area contributed by atoms with Crippen molar-refractivity contribution in [1.29, 1.82) is 0 Å². The average Bonchev–Trinajstić information content (AvgIpc) is 2.76. The van der Waals surface area contributed by atoms with Gasteiger partial charge < -0.3 is 4.90 Å². The Morgan fingerprint density at radius 2 is 1.77 bits per heavy atom. The first kappa shape index (κ1) is 19.8. The molecule has 0 radical (unpaired) electrons. The number of halogens is 1. The van der Waals surface area contributed by atoms with Gasteiger partial charge in [0.25, 0.3) is 5.56 Å². The topological polar surface area (TPSA) is 68.1 Å². The fourth-order valence-electron chi connectivity index (χ4n) is 3.28. The van der Waals surface area contributed by atoms with Gasteiger partial charge in [-0.1, -0.05) is 29.8 Å². The van der Waals surface area contributed by atoms with Crippen molar-refractivity contribution in [3.8, 4) is 0 Å². The number of carbonyl (C=O) groups excluding carboxylic acids is 1. The highest BCUT2D eigenvalue weighted by Crippen LogP contribution is 2.20. The summed E-state index contributed by atoms with van der Waals surface area (Å²) in [4.78, 5) is 36.7. The Morgan fingerprint density at radius 1 is 1.03 bits per heavy atom. The molecule has 4 rings (SSSR count). The molecule has 4 aromatic rings. The Kier molecular flexibility index (Phi) is 5.59. The van der Waals surface area contributed by atoms with Crippen molar-refractivity contribution in [3.05, 3.63) is 99.8 Å². The van der Waals surface area contributed by atoms with E-state index in [2.05, 4.69) is 9.97 Å². The number of aromatic nitrogens is 3. The van der Waals surface area contributed by atoms with Crippen molar-refractivity contribution < 1.29 is 4.79 Å². The summed E-state index contributed by atoms with van der Waals surface area (Å²) in [5.41, 5.74) is 1.79. The molecule has 0 saturated carbocycles. The van der Waals surface area contributed by atoms with Crippen molar-refractivity contribution in [1.82, 2.24) is 14.5 Å². The molecule has 2 heterocycles. The van der Waals surface area contributed by atoms with Crippen LogP contribution in [0, 0.1) is 6.92 Å². The summed E-state index contributed by atoms with van der Waals surface area (Å²) >= 11 is 6.01. The highest BCUT2D eigenvalue weighted by Gasteiger charge is 2.20. The van der Waals surface area contributed by atoms with E-state index in [0.29, 0.717) is 27.4 Å². The molecule has 6 nitrogen and oxygen atoms in total. The lowest BCUT2D eigenvalue weighted by Gasteiger charge is -2.23. The van der Waals surface area contributed by atoms with Gasteiger partial charge in [-0.3, -0.25) is 19.1 Å². The molecule has 0 spiro atoms. The van der Waals surface area contributed by atoms with Crippen molar-refractivity contribution in [3.63, 3.8) is 0 Å². The number of benzene rings is 2. The van der Waals surface area contributed by atoms with E-state index in [0.717, 1.165) is 5.69 Å². The third kappa shape index (κ3) is 4.09. The molecular formula is C23H19ClN4O2. The number of fused-ring (bicyclic) bond motifs is 1. The molecular weight excluding hydrogens is 400 g/mol. The van der Waals surface area contributed by atoms with E-state index in [9.17, 15) is 9.59 Å². The molecule has 0 unspecified atom stereocenters. The summed E-state index contributed by atoms with van der Waals surface area (Å²) in [6, 6.07) is 19.7. The van der Waals surface area contributed by atoms with Gasteiger partial charge in [0, 0.05) is 16.9 Å². The molecule has 0 aliphatic heterocycles. The van der Waals surface area contributed by atoms with Crippen LogP contribution in [0.2, 0.25) is 5.02 Å². The Hall–Kier alpha value is -3.51. The van der Waals surface area contributed by atoms with Gasteiger partial charge in [0.05, 0.1) is 23.1 Å². The van der Waals surface area contributed by atoms with Crippen molar-refractivity contribution in [2.75, 3.05) is 4.90 Å². The second-order valence-electron chi connectivity index (χ2n) is 6.84. The predicted molar refractivity (Wildman–Crippen MR) is 118 cm³/mol. The number of hydrogen-bond donors (Lipinski definition) is 0. The first-order chi connectivity index (χ1) is 14.5. The number of anilines is 1. The van der Waals surface area contributed by atoms with E-state index in [1.54, 1.807) is 60.5 Å². The molecule has 0 atom stereocenters. The second-order valence-corrected chi connectivity index (χ2v) is 7.28. The van der Waals surface area contributed by atoms with Crippen LogP contribution in [-0.2, 0) is 17.9 Å². The minimum absolute atomic E-state index is 0.127. The largest absolute Gasteiger partial charge is 0.305 e. The highest BCUT2D eigenvalue weighted by molar-refractivity contribution is 6.30. The molecule has 0 N–H and O–H groups in total. The Bertz CT molecular complexity index is 1250. The SMILES string of the molecule is Cc1nc2ccccc2c(=O)n1CC(=O)N(Cc1ccccn1)c1ccc(Cl)cc1. The fourth-order valence-corrected chi connectivity index (χ4v) is 3.41. The predicted octanol–water partition coefficient (Wildman–Crippen LogP) is 3.99. The zero-order valence-electron chi connectivity index (χ0n) is 16.3. The minimum Gasteiger partial charge on any atom is -0.305 e. The molecule has 0 aliphatic rings. The van der Waals surface area contributed by atoms with Crippen molar-refractivity contribution in [2.45, 2.75) is 20.0 Å². The van der Waals surface area contributed by atoms with Gasteiger partial charge in [0.15, 0.2) is 0 Å². The number of nitrogens with zero attached hydrogens (tertiary/aromatic N) is 4. The van der Waals surface area contributed by atoms with E-state index >= 15 is 0 Å². The lowest BCUT2D eigenvalue weighted by molar-refractivity contribution is -0.119. The molecule has 150 valence electrons. The quantitative estimate of drug-likeness (QED) is 0.491. The molecule has 0 fully saturated rings. The van der Waals surface area contributed by atoms with Crippen LogP contribution in [-0.4, -0.2) is 20.4 Å². The Labute approximate surface area is 178 Å². The van der Waals surface area contributed by atoms with Gasteiger partial charge in [-0.15, -0.1) is 0 Å². The lowest BCUT2D eigenvalue weighted by atomic mass is 10.2. The van der Waals surface area contributed by atoms with Crippen LogP contribution in [0.15, 0.2) is 77.7 Å². The van der Waals surface area contributed by atoms with Crippen LogP contribution in [0.5, 0.6) is 0 Å².